The van der Waals surface area contributed by atoms with Crippen LogP contribution >= 0.6 is 0 Å². The molecular weight excluding hydrogens is 430 g/mol. The zero-order valence-corrected chi connectivity index (χ0v) is 18.1. The van der Waals surface area contributed by atoms with E-state index in [0.29, 0.717) is 23.3 Å². The largest absolute Gasteiger partial charge is 0.354 e. The van der Waals surface area contributed by atoms with Gasteiger partial charge in [-0.05, 0) is 19.1 Å². The summed E-state index contributed by atoms with van der Waals surface area (Å²) >= 11 is 0. The lowest BCUT2D eigenvalue weighted by atomic mass is 10.3. The number of hydrogen-bond acceptors (Lipinski definition) is 7. The van der Waals surface area contributed by atoms with Gasteiger partial charge in [0.25, 0.3) is 0 Å². The second-order valence-corrected chi connectivity index (χ2v) is 6.83. The first kappa shape index (κ1) is 23.4. The van der Waals surface area contributed by atoms with Crippen LogP contribution in [0.15, 0.2) is 43.0 Å². The van der Waals surface area contributed by atoms with Crippen LogP contribution < -0.4 is 26.6 Å². The number of rotatable bonds is 10. The summed E-state index contributed by atoms with van der Waals surface area (Å²) < 4.78 is 7.53. The van der Waals surface area contributed by atoms with Gasteiger partial charge in [0.05, 0.1) is 19.0 Å². The van der Waals surface area contributed by atoms with E-state index in [1.807, 2.05) is 6.07 Å². The van der Waals surface area contributed by atoms with E-state index in [1.54, 1.807) is 35.8 Å². The number of imidazole rings is 1. The van der Waals surface area contributed by atoms with Crippen LogP contribution in [0.2, 0.25) is 0 Å². The number of urea groups is 2. The van der Waals surface area contributed by atoms with E-state index in [0.717, 1.165) is 0 Å². The summed E-state index contributed by atoms with van der Waals surface area (Å²) in [7, 11) is 1.51. The standard InChI is InChI=1S/C20H25N9O4/c1-13(26-12-30)18(33-9-8-22-19(31)21-2)29-11-25-15-16(23-10-24-17(15)29)28-20(32)27-14-6-4-3-5-7-14/h3-7,10-13,18H,8-9H2,1-2H3,(H,26,30)(H2,21,22,31)(H2,23,24,27,28,32)/t13?,18-/m1/s1. The van der Waals surface area contributed by atoms with Gasteiger partial charge in [-0.2, -0.15) is 0 Å². The molecule has 5 N–H and O–H groups in total. The molecule has 0 aliphatic carbocycles. The van der Waals surface area contributed by atoms with E-state index in [-0.39, 0.29) is 25.0 Å². The van der Waals surface area contributed by atoms with Crippen molar-refractivity contribution in [3.05, 3.63) is 43.0 Å². The van der Waals surface area contributed by atoms with Crippen molar-refractivity contribution in [1.82, 2.24) is 35.5 Å². The Labute approximate surface area is 189 Å². The minimum atomic E-state index is -0.687. The molecule has 0 aliphatic rings. The lowest BCUT2D eigenvalue weighted by Crippen LogP contribution is -2.39. The average Bonchev–Trinajstić information content (AvgIpc) is 3.24. The SMILES string of the molecule is CNC(=O)NCCO[C@H](C(C)NC=O)n1cnc2c(NC(=O)Nc3ccccc3)ncnc21. The van der Waals surface area contributed by atoms with Crippen molar-refractivity contribution in [2.24, 2.45) is 0 Å². The molecule has 1 aromatic carbocycles. The zero-order valence-electron chi connectivity index (χ0n) is 18.1. The fourth-order valence-electron chi connectivity index (χ4n) is 3.01. The van der Waals surface area contributed by atoms with Crippen molar-refractivity contribution < 1.29 is 19.1 Å². The minimum Gasteiger partial charge on any atom is -0.354 e. The molecule has 2 aromatic heterocycles. The molecule has 0 fully saturated rings. The highest BCUT2D eigenvalue weighted by atomic mass is 16.5. The number of aromatic nitrogens is 4. The number of fused-ring (bicyclic) bond motifs is 1. The van der Waals surface area contributed by atoms with Crippen LogP contribution in [0.4, 0.5) is 21.1 Å². The number of para-hydroxylation sites is 1. The highest BCUT2D eigenvalue weighted by molar-refractivity contribution is 6.02. The molecule has 3 aromatic rings. The third kappa shape index (κ3) is 6.13. The average molecular weight is 455 g/mol. The van der Waals surface area contributed by atoms with Gasteiger partial charge in [0, 0.05) is 19.3 Å². The summed E-state index contributed by atoms with van der Waals surface area (Å²) in [5.41, 5.74) is 1.36. The van der Waals surface area contributed by atoms with Crippen LogP contribution in [0.3, 0.4) is 0 Å². The summed E-state index contributed by atoms with van der Waals surface area (Å²) in [4.78, 5) is 47.4. The maximum absolute atomic E-state index is 12.4. The topological polar surface area (TPSA) is 164 Å². The molecule has 2 atom stereocenters. The molecule has 0 saturated carbocycles. The Morgan fingerprint density at radius 1 is 1.12 bits per heavy atom. The van der Waals surface area contributed by atoms with Gasteiger partial charge in [-0.15, -0.1) is 0 Å². The van der Waals surface area contributed by atoms with E-state index in [1.165, 1.54) is 19.7 Å². The first-order valence-electron chi connectivity index (χ1n) is 10.1. The highest BCUT2D eigenvalue weighted by Crippen LogP contribution is 2.23. The first-order valence-corrected chi connectivity index (χ1v) is 10.1. The number of carbonyl (C=O) groups excluding carboxylic acids is 3. The van der Waals surface area contributed by atoms with Gasteiger partial charge in [0.1, 0.15) is 6.33 Å². The van der Waals surface area contributed by atoms with E-state index in [9.17, 15) is 14.4 Å². The maximum Gasteiger partial charge on any atom is 0.324 e. The molecule has 2 heterocycles. The van der Waals surface area contributed by atoms with Crippen LogP contribution in [-0.4, -0.2) is 64.2 Å². The summed E-state index contributed by atoms with van der Waals surface area (Å²) in [6.07, 6.45) is 2.66. The fraction of sp³-hybridized carbons (Fsp3) is 0.300. The van der Waals surface area contributed by atoms with Crippen molar-refractivity contribution in [2.75, 3.05) is 30.8 Å². The maximum atomic E-state index is 12.4. The van der Waals surface area contributed by atoms with Crippen LogP contribution in [0.1, 0.15) is 13.2 Å². The van der Waals surface area contributed by atoms with Gasteiger partial charge >= 0.3 is 12.1 Å². The van der Waals surface area contributed by atoms with Crippen molar-refractivity contribution in [3.63, 3.8) is 0 Å². The summed E-state index contributed by atoms with van der Waals surface area (Å²) in [5, 5.41) is 13.1. The molecule has 13 nitrogen and oxygen atoms in total. The number of amides is 5. The van der Waals surface area contributed by atoms with E-state index in [2.05, 4.69) is 41.5 Å². The van der Waals surface area contributed by atoms with Crippen LogP contribution in [0.25, 0.3) is 11.2 Å². The van der Waals surface area contributed by atoms with Crippen molar-refractivity contribution >= 4 is 41.1 Å². The Balaban J connectivity index is 1.78. The second kappa shape index (κ2) is 11.4. The number of nitrogens with zero attached hydrogens (tertiary/aromatic N) is 4. The number of benzene rings is 1. The predicted molar refractivity (Wildman–Crippen MR) is 121 cm³/mol. The van der Waals surface area contributed by atoms with Gasteiger partial charge in [-0.25, -0.2) is 24.5 Å². The third-order valence-electron chi connectivity index (χ3n) is 4.56. The van der Waals surface area contributed by atoms with Gasteiger partial charge in [-0.3, -0.25) is 14.7 Å². The lowest BCUT2D eigenvalue weighted by Gasteiger charge is -2.25. The Kier molecular flexibility index (Phi) is 8.07. The molecule has 13 heteroatoms. The number of ether oxygens (including phenoxy) is 1. The van der Waals surface area contributed by atoms with Crippen molar-refractivity contribution in [2.45, 2.75) is 19.2 Å². The lowest BCUT2D eigenvalue weighted by molar-refractivity contribution is -0.112. The van der Waals surface area contributed by atoms with Gasteiger partial charge in [0.2, 0.25) is 6.41 Å². The molecule has 5 amide bonds. The Bertz CT molecular complexity index is 1090. The molecule has 0 aliphatic heterocycles. The van der Waals surface area contributed by atoms with Gasteiger partial charge in [-0.1, -0.05) is 18.2 Å². The van der Waals surface area contributed by atoms with E-state index >= 15 is 0 Å². The Hall–Kier alpha value is -4.26. The van der Waals surface area contributed by atoms with Crippen LogP contribution in [-0.2, 0) is 9.53 Å². The molecule has 33 heavy (non-hydrogen) atoms. The number of anilines is 2. The van der Waals surface area contributed by atoms with E-state index in [4.69, 9.17) is 4.74 Å². The molecular formula is C20H25N9O4. The quantitative estimate of drug-likeness (QED) is 0.225. The molecule has 1 unspecified atom stereocenters. The minimum absolute atomic E-state index is 0.165. The monoisotopic (exact) mass is 455 g/mol. The highest BCUT2D eigenvalue weighted by Gasteiger charge is 2.23. The molecule has 174 valence electrons. The molecule has 0 spiro atoms. The molecule has 3 rings (SSSR count). The molecule has 0 bridgehead atoms. The van der Waals surface area contributed by atoms with Crippen LogP contribution in [0.5, 0.6) is 0 Å². The summed E-state index contributed by atoms with van der Waals surface area (Å²) in [6, 6.07) is 7.69. The van der Waals surface area contributed by atoms with Gasteiger partial charge in [0.15, 0.2) is 23.2 Å². The molecule has 0 radical (unpaired) electrons. The summed E-state index contributed by atoms with van der Waals surface area (Å²) in [6.45, 7) is 2.17. The van der Waals surface area contributed by atoms with E-state index < -0.39 is 18.3 Å². The first-order chi connectivity index (χ1) is 16.0. The van der Waals surface area contributed by atoms with Crippen molar-refractivity contribution in [3.8, 4) is 0 Å². The normalized spacial score (nSPS) is 12.4. The fourth-order valence-corrected chi connectivity index (χ4v) is 3.01. The third-order valence-corrected chi connectivity index (χ3v) is 4.56. The second-order valence-electron chi connectivity index (χ2n) is 6.83. The zero-order chi connectivity index (χ0) is 23.6. The Morgan fingerprint density at radius 3 is 2.64 bits per heavy atom. The van der Waals surface area contributed by atoms with Crippen molar-refractivity contribution in [1.29, 1.82) is 0 Å². The number of hydrogen-bond donors (Lipinski definition) is 5. The van der Waals surface area contributed by atoms with Crippen LogP contribution in [0, 0.1) is 0 Å². The van der Waals surface area contributed by atoms with Gasteiger partial charge < -0.3 is 26.0 Å². The number of carbonyl (C=O) groups is 3. The Morgan fingerprint density at radius 2 is 1.91 bits per heavy atom. The molecule has 0 saturated heterocycles. The summed E-state index contributed by atoms with van der Waals surface area (Å²) in [5.74, 6) is 0.211. The number of nitrogens with one attached hydrogen (secondary N) is 5. The predicted octanol–water partition coefficient (Wildman–Crippen LogP) is 1.05. The smallest absolute Gasteiger partial charge is 0.324 e.